The standard InChI is InChI=1S/C11H21O3/c1-6-11(7-2,8-3)14-10(12)13-9(4)5/h9H,4,6-8H2,1-3,5H3/t9-/m0/s1. The molecule has 0 N–H and O–H groups in total. The zero-order valence-corrected chi connectivity index (χ0v) is 9.63. The second-order valence-corrected chi connectivity index (χ2v) is 3.52. The van der Waals surface area contributed by atoms with Crippen molar-refractivity contribution in [1.29, 1.82) is 0 Å². The van der Waals surface area contributed by atoms with E-state index in [1.54, 1.807) is 6.92 Å². The number of hydrogen-bond acceptors (Lipinski definition) is 3. The summed E-state index contributed by atoms with van der Waals surface area (Å²) in [6.45, 7) is 11.3. The summed E-state index contributed by atoms with van der Waals surface area (Å²) in [6.07, 6.45) is 1.44. The highest BCUT2D eigenvalue weighted by Gasteiger charge is 2.29. The molecule has 0 aliphatic carbocycles. The Hall–Kier alpha value is -0.730. The van der Waals surface area contributed by atoms with Crippen molar-refractivity contribution < 1.29 is 14.3 Å². The fourth-order valence-electron chi connectivity index (χ4n) is 1.33. The molecular weight excluding hydrogens is 180 g/mol. The molecule has 0 unspecified atom stereocenters. The van der Waals surface area contributed by atoms with Crippen molar-refractivity contribution in [2.24, 2.45) is 0 Å². The monoisotopic (exact) mass is 201 g/mol. The zero-order chi connectivity index (χ0) is 11.2. The van der Waals surface area contributed by atoms with Gasteiger partial charge in [0.2, 0.25) is 0 Å². The first kappa shape index (κ1) is 13.3. The summed E-state index contributed by atoms with van der Waals surface area (Å²) in [5.41, 5.74) is -0.369. The Morgan fingerprint density at radius 2 is 1.71 bits per heavy atom. The summed E-state index contributed by atoms with van der Waals surface area (Å²) in [5.74, 6) is 0. The van der Waals surface area contributed by atoms with Gasteiger partial charge in [0.25, 0.3) is 0 Å². The Morgan fingerprint density at radius 1 is 1.29 bits per heavy atom. The highest BCUT2D eigenvalue weighted by Crippen LogP contribution is 2.25. The smallest absolute Gasteiger partial charge is 0.431 e. The minimum atomic E-state index is -0.613. The van der Waals surface area contributed by atoms with E-state index in [4.69, 9.17) is 9.47 Å². The fraction of sp³-hybridized carbons (Fsp3) is 0.818. The summed E-state index contributed by atoms with van der Waals surface area (Å²) in [6, 6.07) is 0. The van der Waals surface area contributed by atoms with Crippen LogP contribution in [0.25, 0.3) is 0 Å². The lowest BCUT2D eigenvalue weighted by Gasteiger charge is -2.29. The maximum atomic E-state index is 11.3. The van der Waals surface area contributed by atoms with Gasteiger partial charge in [-0.3, -0.25) is 0 Å². The predicted octanol–water partition coefficient (Wildman–Crippen LogP) is 3.33. The summed E-state index contributed by atoms with van der Waals surface area (Å²) in [5, 5.41) is 0. The van der Waals surface area contributed by atoms with Gasteiger partial charge in [-0.25, -0.2) is 4.79 Å². The van der Waals surface area contributed by atoms with Crippen molar-refractivity contribution >= 4 is 6.16 Å². The van der Waals surface area contributed by atoms with Crippen LogP contribution in [-0.4, -0.2) is 17.9 Å². The van der Waals surface area contributed by atoms with Crippen LogP contribution >= 0.6 is 0 Å². The zero-order valence-electron chi connectivity index (χ0n) is 9.63. The molecule has 3 nitrogen and oxygen atoms in total. The molecule has 0 aromatic rings. The third-order valence-electron chi connectivity index (χ3n) is 2.53. The second kappa shape index (κ2) is 5.89. The second-order valence-electron chi connectivity index (χ2n) is 3.52. The number of carbonyl (C=O) groups excluding carboxylic acids is 1. The molecule has 0 heterocycles. The van der Waals surface area contributed by atoms with Gasteiger partial charge in [-0.15, -0.1) is 0 Å². The van der Waals surface area contributed by atoms with Crippen LogP contribution in [0.3, 0.4) is 0 Å². The van der Waals surface area contributed by atoms with Gasteiger partial charge < -0.3 is 9.47 Å². The molecule has 0 aliphatic rings. The Labute approximate surface area is 86.8 Å². The maximum absolute atomic E-state index is 11.3. The summed E-state index contributed by atoms with van der Waals surface area (Å²) >= 11 is 0. The molecule has 3 heteroatoms. The molecule has 0 amide bonds. The number of ether oxygens (including phenoxy) is 2. The molecule has 1 atom stereocenters. The number of hydrogen-bond donors (Lipinski definition) is 0. The van der Waals surface area contributed by atoms with E-state index in [9.17, 15) is 4.79 Å². The van der Waals surface area contributed by atoms with E-state index in [-0.39, 0.29) is 11.7 Å². The van der Waals surface area contributed by atoms with Gasteiger partial charge >= 0.3 is 6.16 Å². The van der Waals surface area contributed by atoms with Crippen molar-refractivity contribution in [2.75, 3.05) is 0 Å². The van der Waals surface area contributed by atoms with Gasteiger partial charge in [-0.1, -0.05) is 20.8 Å². The normalized spacial score (nSPS) is 11.6. The molecule has 0 fully saturated rings. The predicted molar refractivity (Wildman–Crippen MR) is 56.0 cm³/mol. The first-order chi connectivity index (χ1) is 6.49. The maximum Gasteiger partial charge on any atom is 0.509 e. The molecule has 0 bridgehead atoms. The Balaban J connectivity index is 4.22. The topological polar surface area (TPSA) is 35.5 Å². The van der Waals surface area contributed by atoms with Gasteiger partial charge in [-0.05, 0) is 33.1 Å². The number of rotatable bonds is 5. The van der Waals surface area contributed by atoms with Crippen LogP contribution in [0.4, 0.5) is 4.79 Å². The molecule has 0 rings (SSSR count). The average Bonchev–Trinajstić information content (AvgIpc) is 2.13. The first-order valence-electron chi connectivity index (χ1n) is 5.22. The minimum absolute atomic E-state index is 0.369. The van der Waals surface area contributed by atoms with E-state index in [2.05, 4.69) is 6.92 Å². The van der Waals surface area contributed by atoms with Crippen LogP contribution in [0, 0.1) is 6.92 Å². The van der Waals surface area contributed by atoms with Crippen molar-refractivity contribution in [2.45, 2.75) is 58.7 Å². The molecule has 0 spiro atoms. The van der Waals surface area contributed by atoms with E-state index in [1.807, 2.05) is 20.8 Å². The molecule has 1 radical (unpaired) electrons. The quantitative estimate of drug-likeness (QED) is 0.640. The van der Waals surface area contributed by atoms with Crippen LogP contribution < -0.4 is 0 Å². The van der Waals surface area contributed by atoms with E-state index < -0.39 is 6.16 Å². The lowest BCUT2D eigenvalue weighted by molar-refractivity contribution is -0.0485. The van der Waals surface area contributed by atoms with E-state index in [0.29, 0.717) is 0 Å². The van der Waals surface area contributed by atoms with Crippen LogP contribution in [0.5, 0.6) is 0 Å². The molecule has 0 aromatic heterocycles. The van der Waals surface area contributed by atoms with E-state index in [1.165, 1.54) is 0 Å². The highest BCUT2D eigenvalue weighted by molar-refractivity contribution is 5.60. The highest BCUT2D eigenvalue weighted by atomic mass is 16.7. The van der Waals surface area contributed by atoms with Crippen molar-refractivity contribution in [3.05, 3.63) is 6.92 Å². The molecule has 0 aromatic carbocycles. The van der Waals surface area contributed by atoms with Gasteiger partial charge in [0.05, 0.1) is 0 Å². The minimum Gasteiger partial charge on any atom is -0.431 e. The fourth-order valence-corrected chi connectivity index (χ4v) is 1.33. The van der Waals surface area contributed by atoms with Crippen LogP contribution in [0.15, 0.2) is 0 Å². The largest absolute Gasteiger partial charge is 0.509 e. The Kier molecular flexibility index (Phi) is 5.58. The van der Waals surface area contributed by atoms with Crippen molar-refractivity contribution in [3.63, 3.8) is 0 Å². The molecular formula is C11H21O3. The van der Waals surface area contributed by atoms with Crippen LogP contribution in [-0.2, 0) is 9.47 Å². The lowest BCUT2D eigenvalue weighted by atomic mass is 9.94. The van der Waals surface area contributed by atoms with E-state index in [0.717, 1.165) is 19.3 Å². The Morgan fingerprint density at radius 3 is 2.00 bits per heavy atom. The summed E-state index contributed by atoms with van der Waals surface area (Å²) in [4.78, 5) is 11.3. The van der Waals surface area contributed by atoms with Crippen LogP contribution in [0.1, 0.15) is 47.0 Å². The average molecular weight is 201 g/mol. The van der Waals surface area contributed by atoms with Crippen molar-refractivity contribution in [1.82, 2.24) is 0 Å². The molecule has 83 valence electrons. The van der Waals surface area contributed by atoms with Gasteiger partial charge in [0.15, 0.2) is 0 Å². The molecule has 0 saturated carbocycles. The summed E-state index contributed by atoms with van der Waals surface area (Å²) in [7, 11) is 0. The van der Waals surface area contributed by atoms with Crippen molar-refractivity contribution in [3.8, 4) is 0 Å². The van der Waals surface area contributed by atoms with Crippen LogP contribution in [0.2, 0.25) is 0 Å². The number of carbonyl (C=O) groups is 1. The SMILES string of the molecule is [CH2][C@@H](C)OC(=O)OC(CC)(CC)CC. The van der Waals surface area contributed by atoms with Gasteiger partial charge in [0.1, 0.15) is 11.7 Å². The lowest BCUT2D eigenvalue weighted by Crippen LogP contribution is -2.34. The van der Waals surface area contributed by atoms with E-state index >= 15 is 0 Å². The summed E-state index contributed by atoms with van der Waals surface area (Å²) < 4.78 is 10.1. The van der Waals surface area contributed by atoms with Gasteiger partial charge in [-0.2, -0.15) is 0 Å². The van der Waals surface area contributed by atoms with Gasteiger partial charge in [0, 0.05) is 0 Å². The molecule has 14 heavy (non-hydrogen) atoms. The third kappa shape index (κ3) is 3.99. The first-order valence-corrected chi connectivity index (χ1v) is 5.22. The Bertz CT molecular complexity index is 163. The molecule has 0 saturated heterocycles. The third-order valence-corrected chi connectivity index (χ3v) is 2.53. The molecule has 0 aliphatic heterocycles.